The number of hydrogen-bond donors (Lipinski definition) is 0. The first-order valence-electron chi connectivity index (χ1n) is 4.64. The molecule has 0 rings (SSSR count). The topological polar surface area (TPSA) is 149 Å². The Balaban J connectivity index is -0.0000000332. The van der Waals surface area contributed by atoms with Crippen LogP contribution in [0.25, 0.3) is 0 Å². The molecular formula is C8H22Br4O6Re2+2. The van der Waals surface area contributed by atoms with Crippen LogP contribution in [0.3, 0.4) is 0 Å². The van der Waals surface area contributed by atoms with Gasteiger partial charge in [-0.25, -0.2) is 9.59 Å². The van der Waals surface area contributed by atoms with Crippen molar-refractivity contribution in [1.29, 1.82) is 0 Å². The second kappa shape index (κ2) is 42.9. The summed E-state index contributed by atoms with van der Waals surface area (Å²) in [5.41, 5.74) is 0. The third kappa shape index (κ3) is 112. The summed E-state index contributed by atoms with van der Waals surface area (Å²) in [6.45, 7) is 3.84. The molecule has 8 N–H and O–H groups in total. The van der Waals surface area contributed by atoms with Crippen molar-refractivity contribution in [2.24, 2.45) is 0 Å². The van der Waals surface area contributed by atoms with Gasteiger partial charge in [-0.05, 0) is 12.8 Å². The zero-order chi connectivity index (χ0) is 15.4. The Morgan fingerprint density at radius 1 is 0.800 bits per heavy atom. The first-order chi connectivity index (χ1) is 8.37. The maximum Gasteiger partial charge on any atom is -0.870 e. The molecule has 12 heteroatoms. The molecule has 0 spiro atoms. The smallest absolute Gasteiger partial charge is 0.870 e. The molecule has 0 radical (unpaired) electrons. The van der Waals surface area contributed by atoms with E-state index in [0.29, 0.717) is 12.8 Å². The summed E-state index contributed by atoms with van der Waals surface area (Å²) >= 11 is 12.8. The minimum absolute atomic E-state index is 0. The van der Waals surface area contributed by atoms with E-state index < -0.39 is 0 Å². The van der Waals surface area contributed by atoms with Gasteiger partial charge in [-0.3, -0.25) is 0 Å². The zero-order valence-corrected chi connectivity index (χ0v) is 22.7. The summed E-state index contributed by atoms with van der Waals surface area (Å²) in [6.07, 6.45) is 2.74. The van der Waals surface area contributed by atoms with Crippen LogP contribution >= 0.6 is 53.7 Å². The molecular weight excluding hydrogens is 884 g/mol. The molecule has 0 unspecified atom stereocenters. The van der Waals surface area contributed by atoms with Gasteiger partial charge in [0, 0.05) is 0 Å². The van der Waals surface area contributed by atoms with E-state index in [1.54, 1.807) is 0 Å². The van der Waals surface area contributed by atoms with Crippen LogP contribution in [-0.4, -0.2) is 42.7 Å². The molecule has 0 amide bonds. The van der Waals surface area contributed by atoms with Gasteiger partial charge >= 0.3 is 93.5 Å². The van der Waals surface area contributed by atoms with Gasteiger partial charge in [0.15, 0.2) is 12.8 Å². The molecule has 0 fully saturated rings. The molecule has 0 aliphatic heterocycles. The van der Waals surface area contributed by atoms with Crippen LogP contribution in [0.5, 0.6) is 0 Å². The molecule has 0 aromatic heterocycles. The summed E-state index contributed by atoms with van der Waals surface area (Å²) in [7, 11) is 0. The predicted octanol–water partition coefficient (Wildman–Crippen LogP) is 3.05. The molecule has 0 heterocycles. The molecule has 20 heavy (non-hydrogen) atoms. The Labute approximate surface area is 162 Å². The van der Waals surface area contributed by atoms with E-state index in [0.717, 1.165) is 12.8 Å². The van der Waals surface area contributed by atoms with Crippen LogP contribution < -0.4 is 0 Å². The van der Waals surface area contributed by atoms with Crippen molar-refractivity contribution >= 4 is 65.7 Å². The number of carbonyl (C=O) groups excluding carboxylic acids is 2. The molecule has 0 saturated heterocycles. The fourth-order valence-electron chi connectivity index (χ4n) is 0.474. The van der Waals surface area contributed by atoms with E-state index in [4.69, 9.17) is 19.8 Å². The van der Waals surface area contributed by atoms with Crippen LogP contribution in [-0.2, 0) is 27.9 Å². The Morgan fingerprint density at radius 3 is 0.950 bits per heavy atom. The summed E-state index contributed by atoms with van der Waals surface area (Å²) in [5, 5.41) is 12.9. The van der Waals surface area contributed by atoms with Crippen molar-refractivity contribution in [2.75, 3.05) is 0 Å². The predicted molar refractivity (Wildman–Crippen MR) is 90.5 cm³/mol. The molecule has 0 aromatic rings. The summed E-state index contributed by atoms with van der Waals surface area (Å²) < 4.78 is 0. The second-order valence-corrected chi connectivity index (χ2v) is 26.3. The Bertz CT molecular complexity index is 161. The molecule has 6 nitrogen and oxygen atoms in total. The van der Waals surface area contributed by atoms with E-state index in [1.807, 2.05) is 13.8 Å². The van der Waals surface area contributed by atoms with Gasteiger partial charge in [0.2, 0.25) is 0 Å². The van der Waals surface area contributed by atoms with Gasteiger partial charge in [0.1, 0.15) is 0 Å². The molecule has 0 atom stereocenters. The van der Waals surface area contributed by atoms with E-state index in [2.05, 4.69) is 53.7 Å². The van der Waals surface area contributed by atoms with Crippen LogP contribution in [0.15, 0.2) is 0 Å². The van der Waals surface area contributed by atoms with Gasteiger partial charge in [-0.1, -0.05) is 13.8 Å². The molecule has 0 bridgehead atoms. The van der Waals surface area contributed by atoms with Crippen LogP contribution in [0.4, 0.5) is 0 Å². The van der Waals surface area contributed by atoms with Gasteiger partial charge in [0.05, 0.1) is 0 Å². The van der Waals surface area contributed by atoms with Gasteiger partial charge in [-0.2, -0.15) is 0 Å². The number of rotatable bonds is 4. The first-order valence-corrected chi connectivity index (χ1v) is 28.4. The van der Waals surface area contributed by atoms with E-state index in [1.165, 1.54) is 0 Å². The molecule has 0 aromatic carbocycles. The fraction of sp³-hybridized carbons (Fsp3) is 0.750. The fourth-order valence-corrected chi connectivity index (χ4v) is 0.474. The summed E-state index contributed by atoms with van der Waals surface area (Å²) in [6, 6.07) is 0. The zero-order valence-electron chi connectivity index (χ0n) is 10.9. The Kier molecular flexibility index (Phi) is 81.4. The maximum absolute atomic E-state index is 8.14. The van der Waals surface area contributed by atoms with Gasteiger partial charge in [0.25, 0.3) is 0 Å². The van der Waals surface area contributed by atoms with Crippen molar-refractivity contribution in [3.63, 3.8) is 0 Å². The van der Waals surface area contributed by atoms with Crippen molar-refractivity contribution in [1.82, 2.24) is 0 Å². The Hall–Kier alpha value is 2.10. The van der Waals surface area contributed by atoms with Crippen molar-refractivity contribution in [3.8, 4) is 0 Å². The third-order valence-electron chi connectivity index (χ3n) is 0.974. The van der Waals surface area contributed by atoms with Crippen molar-refractivity contribution in [3.05, 3.63) is 0 Å². The normalized spacial score (nSPS) is 6.70. The molecule has 0 saturated carbocycles. The van der Waals surface area contributed by atoms with Crippen LogP contribution in [0.2, 0.25) is 0 Å². The average molecular weight is 906 g/mol. The van der Waals surface area contributed by atoms with E-state index in [-0.39, 0.29) is 50.8 Å². The van der Waals surface area contributed by atoms with E-state index in [9.17, 15) is 0 Å². The average Bonchev–Trinajstić information content (AvgIpc) is 2.20. The SMILES string of the molecule is CCCC(=[OH+])[OH2+].CCCC(=[OH+])[OH2+].[Br][Re][Br].[Br][Re][Br].[OH-].[OH-]. The largest absolute Gasteiger partial charge is 0.870 e. The molecule has 0 aliphatic rings. The Morgan fingerprint density at radius 2 is 0.950 bits per heavy atom. The van der Waals surface area contributed by atoms with Crippen molar-refractivity contribution in [2.45, 2.75) is 39.5 Å². The first kappa shape index (κ1) is 38.0. The third-order valence-corrected chi connectivity index (χ3v) is 0.974. The van der Waals surface area contributed by atoms with Crippen LogP contribution in [0.1, 0.15) is 39.5 Å². The van der Waals surface area contributed by atoms with Gasteiger partial charge < -0.3 is 21.2 Å². The summed E-state index contributed by atoms with van der Waals surface area (Å²) in [5.74, 6) is -0.421. The molecule has 0 aliphatic carbocycles. The minimum atomic E-state index is -0.211. The summed E-state index contributed by atoms with van der Waals surface area (Å²) in [4.78, 5) is 16.3. The van der Waals surface area contributed by atoms with Gasteiger partial charge in [-0.15, -0.1) is 0 Å². The monoisotopic (exact) mass is 904 g/mol. The standard InChI is InChI=1S/2C4H8O2.4BrH.2H2O.2Re/c2*1-2-3-4(5)6;;;;;;;;/h2*2-3H2,1H3,(H,5,6);4*1H;2*1H2;;/q;;;;;;;;2*+2/p-2. The second-order valence-electron chi connectivity index (χ2n) is 2.50. The van der Waals surface area contributed by atoms with E-state index >= 15 is 0 Å². The number of hydrogen-bond acceptors (Lipinski definition) is 2. The molecule has 130 valence electrons. The minimum Gasteiger partial charge on any atom is -0.870 e. The van der Waals surface area contributed by atoms with Crippen LogP contribution in [0, 0.1) is 0 Å². The maximum atomic E-state index is 8.14. The van der Waals surface area contributed by atoms with Crippen molar-refractivity contribution < 1.29 is 58.6 Å². The number of halogens is 4. The quantitative estimate of drug-likeness (QED) is 0.400.